The van der Waals surface area contributed by atoms with E-state index in [4.69, 9.17) is 0 Å². The SMILES string of the molecule is Cc1c(Br)c2ccccc2n1CC(=O)N[C@H](C)c1ccc2c(c1)CCC(=O)N2. The zero-order valence-corrected chi connectivity index (χ0v) is 17.5. The molecule has 144 valence electrons. The van der Waals surface area contributed by atoms with Crippen molar-refractivity contribution in [3.63, 3.8) is 0 Å². The van der Waals surface area contributed by atoms with Crippen molar-refractivity contribution in [2.24, 2.45) is 0 Å². The molecule has 0 unspecified atom stereocenters. The molecule has 1 aromatic heterocycles. The number of rotatable bonds is 4. The van der Waals surface area contributed by atoms with E-state index in [2.05, 4.69) is 38.7 Å². The average molecular weight is 440 g/mol. The van der Waals surface area contributed by atoms with E-state index in [-0.39, 0.29) is 24.4 Å². The second-order valence-electron chi connectivity index (χ2n) is 7.26. The summed E-state index contributed by atoms with van der Waals surface area (Å²) in [7, 11) is 0. The van der Waals surface area contributed by atoms with Gasteiger partial charge in [-0.2, -0.15) is 0 Å². The molecule has 2 amide bonds. The summed E-state index contributed by atoms with van der Waals surface area (Å²) in [5, 5.41) is 7.10. The first-order chi connectivity index (χ1) is 13.4. The quantitative estimate of drug-likeness (QED) is 0.629. The summed E-state index contributed by atoms with van der Waals surface area (Å²) in [5.74, 6) is 0.0250. The predicted octanol–water partition coefficient (Wildman–Crippen LogP) is 4.47. The van der Waals surface area contributed by atoms with Crippen LogP contribution in [0.1, 0.15) is 36.2 Å². The molecule has 1 aliphatic rings. The lowest BCUT2D eigenvalue weighted by Gasteiger charge is -2.21. The molecular weight excluding hydrogens is 418 g/mol. The molecule has 0 bridgehead atoms. The van der Waals surface area contributed by atoms with Crippen LogP contribution in [-0.2, 0) is 22.6 Å². The van der Waals surface area contributed by atoms with Crippen molar-refractivity contribution in [1.82, 2.24) is 9.88 Å². The summed E-state index contributed by atoms with van der Waals surface area (Å²) in [4.78, 5) is 24.2. The Morgan fingerprint density at radius 2 is 2.04 bits per heavy atom. The summed E-state index contributed by atoms with van der Waals surface area (Å²) in [5.41, 5.74) is 5.11. The number of nitrogens with one attached hydrogen (secondary N) is 2. The smallest absolute Gasteiger partial charge is 0.240 e. The third-order valence-corrected chi connectivity index (χ3v) is 6.36. The van der Waals surface area contributed by atoms with Crippen molar-refractivity contribution in [2.45, 2.75) is 39.3 Å². The fourth-order valence-corrected chi connectivity index (χ4v) is 4.33. The summed E-state index contributed by atoms with van der Waals surface area (Å²) in [6.45, 7) is 4.26. The number of amides is 2. The first-order valence-electron chi connectivity index (χ1n) is 9.39. The lowest BCUT2D eigenvalue weighted by Crippen LogP contribution is -2.30. The lowest BCUT2D eigenvalue weighted by molar-refractivity contribution is -0.122. The van der Waals surface area contributed by atoms with Crippen LogP contribution in [0.4, 0.5) is 5.69 Å². The maximum Gasteiger partial charge on any atom is 0.240 e. The Morgan fingerprint density at radius 1 is 1.25 bits per heavy atom. The molecule has 0 fully saturated rings. The van der Waals surface area contributed by atoms with Gasteiger partial charge in [-0.05, 0) is 59.5 Å². The van der Waals surface area contributed by atoms with E-state index >= 15 is 0 Å². The van der Waals surface area contributed by atoms with Crippen molar-refractivity contribution in [3.05, 3.63) is 63.8 Å². The Labute approximate surface area is 172 Å². The minimum Gasteiger partial charge on any atom is -0.348 e. The number of carbonyl (C=O) groups is 2. The number of anilines is 1. The van der Waals surface area contributed by atoms with Crippen LogP contribution in [0.5, 0.6) is 0 Å². The largest absolute Gasteiger partial charge is 0.348 e. The van der Waals surface area contributed by atoms with Gasteiger partial charge in [-0.25, -0.2) is 0 Å². The zero-order valence-electron chi connectivity index (χ0n) is 15.9. The van der Waals surface area contributed by atoms with Crippen molar-refractivity contribution in [3.8, 4) is 0 Å². The highest BCUT2D eigenvalue weighted by Gasteiger charge is 2.18. The Kier molecular flexibility index (Phi) is 4.98. The van der Waals surface area contributed by atoms with Gasteiger partial charge < -0.3 is 15.2 Å². The monoisotopic (exact) mass is 439 g/mol. The molecule has 4 rings (SSSR count). The molecule has 1 atom stereocenters. The van der Waals surface area contributed by atoms with Gasteiger partial charge in [0.05, 0.1) is 6.04 Å². The highest BCUT2D eigenvalue weighted by Crippen LogP contribution is 2.30. The third-order valence-electron chi connectivity index (χ3n) is 5.36. The molecule has 3 aromatic rings. The van der Waals surface area contributed by atoms with E-state index in [0.29, 0.717) is 6.42 Å². The van der Waals surface area contributed by atoms with Crippen LogP contribution in [0.3, 0.4) is 0 Å². The molecule has 5 nitrogen and oxygen atoms in total. The van der Waals surface area contributed by atoms with E-state index < -0.39 is 0 Å². The molecule has 0 spiro atoms. The molecule has 2 heterocycles. The maximum atomic E-state index is 12.7. The molecule has 0 aliphatic carbocycles. The molecule has 6 heteroatoms. The highest BCUT2D eigenvalue weighted by atomic mass is 79.9. The maximum absolute atomic E-state index is 12.7. The minimum atomic E-state index is -0.110. The van der Waals surface area contributed by atoms with Crippen molar-refractivity contribution < 1.29 is 9.59 Å². The number of halogens is 1. The molecule has 0 saturated heterocycles. The Morgan fingerprint density at radius 3 is 2.86 bits per heavy atom. The predicted molar refractivity (Wildman–Crippen MR) is 114 cm³/mol. The number of fused-ring (bicyclic) bond motifs is 2. The average Bonchev–Trinajstić information content (AvgIpc) is 2.92. The fraction of sp³-hybridized carbons (Fsp3) is 0.273. The van der Waals surface area contributed by atoms with E-state index in [1.54, 1.807) is 0 Å². The van der Waals surface area contributed by atoms with E-state index in [1.807, 2.05) is 48.7 Å². The number of benzene rings is 2. The number of hydrogen-bond acceptors (Lipinski definition) is 2. The number of aromatic nitrogens is 1. The minimum absolute atomic E-state index is 0.0325. The van der Waals surface area contributed by atoms with Crippen LogP contribution in [0.15, 0.2) is 46.9 Å². The van der Waals surface area contributed by atoms with Gasteiger partial charge in [0.15, 0.2) is 0 Å². The van der Waals surface area contributed by atoms with Gasteiger partial charge in [0, 0.05) is 33.2 Å². The molecule has 1 aliphatic heterocycles. The lowest BCUT2D eigenvalue weighted by atomic mass is 9.98. The topological polar surface area (TPSA) is 63.1 Å². The number of nitrogens with zero attached hydrogens (tertiary/aromatic N) is 1. The Hall–Kier alpha value is -2.60. The highest BCUT2D eigenvalue weighted by molar-refractivity contribution is 9.10. The Bertz CT molecular complexity index is 1090. The van der Waals surface area contributed by atoms with Gasteiger partial charge in [-0.1, -0.05) is 30.3 Å². The van der Waals surface area contributed by atoms with E-state index in [0.717, 1.165) is 44.3 Å². The number of carbonyl (C=O) groups excluding carboxylic acids is 2. The van der Waals surface area contributed by atoms with Crippen molar-refractivity contribution >= 4 is 44.3 Å². The normalized spacial score (nSPS) is 14.5. The number of aryl methyl sites for hydroxylation is 1. The molecule has 0 saturated carbocycles. The standard InChI is InChI=1S/C22H22BrN3O2/c1-13(15-7-9-18-16(11-15)8-10-20(27)25-18)24-21(28)12-26-14(2)22(23)17-5-3-4-6-19(17)26/h3-7,9,11,13H,8,10,12H2,1-2H3,(H,24,28)(H,25,27)/t13-/m1/s1. The van der Waals surface area contributed by atoms with Crippen LogP contribution in [0, 0.1) is 6.92 Å². The first-order valence-corrected chi connectivity index (χ1v) is 10.2. The van der Waals surface area contributed by atoms with Gasteiger partial charge in [-0.15, -0.1) is 0 Å². The van der Waals surface area contributed by atoms with Gasteiger partial charge in [0.25, 0.3) is 0 Å². The number of para-hydroxylation sites is 1. The summed E-state index contributed by atoms with van der Waals surface area (Å²) >= 11 is 3.64. The Balaban J connectivity index is 1.50. The van der Waals surface area contributed by atoms with Crippen molar-refractivity contribution in [1.29, 1.82) is 0 Å². The molecule has 28 heavy (non-hydrogen) atoms. The van der Waals surface area contributed by atoms with Crippen LogP contribution in [0.25, 0.3) is 10.9 Å². The first kappa shape index (κ1) is 18.7. The molecule has 0 radical (unpaired) electrons. The van der Waals surface area contributed by atoms with Gasteiger partial charge in [0.1, 0.15) is 6.54 Å². The number of hydrogen-bond donors (Lipinski definition) is 2. The van der Waals surface area contributed by atoms with Crippen LogP contribution in [-0.4, -0.2) is 16.4 Å². The fourth-order valence-electron chi connectivity index (χ4n) is 3.78. The van der Waals surface area contributed by atoms with Crippen LogP contribution >= 0.6 is 15.9 Å². The van der Waals surface area contributed by atoms with Crippen LogP contribution < -0.4 is 10.6 Å². The molecule has 2 N–H and O–H groups in total. The summed E-state index contributed by atoms with van der Waals surface area (Å²) in [6, 6.07) is 13.9. The summed E-state index contributed by atoms with van der Waals surface area (Å²) in [6.07, 6.45) is 1.24. The second-order valence-corrected chi connectivity index (χ2v) is 8.05. The molecular formula is C22H22BrN3O2. The summed E-state index contributed by atoms with van der Waals surface area (Å²) < 4.78 is 3.06. The van der Waals surface area contributed by atoms with Gasteiger partial charge in [-0.3, -0.25) is 9.59 Å². The van der Waals surface area contributed by atoms with Gasteiger partial charge in [0.2, 0.25) is 11.8 Å². The van der Waals surface area contributed by atoms with E-state index in [9.17, 15) is 9.59 Å². The third kappa shape index (κ3) is 3.44. The molecule has 2 aromatic carbocycles. The van der Waals surface area contributed by atoms with Gasteiger partial charge >= 0.3 is 0 Å². The van der Waals surface area contributed by atoms with Crippen molar-refractivity contribution in [2.75, 3.05) is 5.32 Å². The van der Waals surface area contributed by atoms with E-state index in [1.165, 1.54) is 0 Å². The second kappa shape index (κ2) is 7.43. The van der Waals surface area contributed by atoms with Crippen LogP contribution in [0.2, 0.25) is 0 Å². The zero-order chi connectivity index (χ0) is 19.8.